The molecule has 1 N–H and O–H groups in total. The molecule has 5 rings (SSSR count). The Bertz CT molecular complexity index is 1410. The van der Waals surface area contributed by atoms with Gasteiger partial charge >= 0.3 is 0 Å². The fourth-order valence-electron chi connectivity index (χ4n) is 3.95. The Kier molecular flexibility index (Phi) is 6.07. The summed E-state index contributed by atoms with van der Waals surface area (Å²) in [6, 6.07) is 24.9. The van der Waals surface area contributed by atoms with Crippen LogP contribution in [0.5, 0.6) is 5.75 Å². The van der Waals surface area contributed by atoms with Gasteiger partial charge in [0.2, 0.25) is 5.13 Å². The molecular weight excluding hydrogens is 440 g/mol. The van der Waals surface area contributed by atoms with Crippen LogP contribution in [0, 0.1) is 0 Å². The zero-order valence-electron chi connectivity index (χ0n) is 19.7. The molecular formula is C28H28N4OS. The average molecular weight is 469 g/mol. The highest BCUT2D eigenvalue weighted by Crippen LogP contribution is 2.26. The Hall–Kier alpha value is -3.64. The lowest BCUT2D eigenvalue weighted by atomic mass is 9.87. The maximum absolute atomic E-state index is 6.03. The van der Waals surface area contributed by atoms with Crippen molar-refractivity contribution in [1.82, 2.24) is 9.55 Å². The first-order chi connectivity index (χ1) is 16.5. The SMILES string of the molecule is CC(C)(C)c1ccc(OCCn2cc(/C=N/Nc3nc4ccccc4s3)c3ccccc32)cc1. The van der Waals surface area contributed by atoms with Crippen LogP contribution >= 0.6 is 11.3 Å². The van der Waals surface area contributed by atoms with Crippen molar-refractivity contribution in [1.29, 1.82) is 0 Å². The number of rotatable bonds is 7. The quantitative estimate of drug-likeness (QED) is 0.205. The third kappa shape index (κ3) is 4.82. The highest BCUT2D eigenvalue weighted by atomic mass is 32.1. The summed E-state index contributed by atoms with van der Waals surface area (Å²) in [5.74, 6) is 0.895. The molecule has 34 heavy (non-hydrogen) atoms. The summed E-state index contributed by atoms with van der Waals surface area (Å²) in [7, 11) is 0. The van der Waals surface area contributed by atoms with Crippen molar-refractivity contribution in [3.05, 3.63) is 90.1 Å². The van der Waals surface area contributed by atoms with Gasteiger partial charge < -0.3 is 9.30 Å². The van der Waals surface area contributed by atoms with Crippen LogP contribution in [0.1, 0.15) is 31.9 Å². The lowest BCUT2D eigenvalue weighted by Gasteiger charge is -2.19. The van der Waals surface area contributed by atoms with E-state index in [-0.39, 0.29) is 5.41 Å². The summed E-state index contributed by atoms with van der Waals surface area (Å²) in [5.41, 5.74) is 7.72. The van der Waals surface area contributed by atoms with E-state index >= 15 is 0 Å². The number of benzene rings is 3. The molecule has 0 saturated heterocycles. The average Bonchev–Trinajstić information content (AvgIpc) is 3.40. The molecule has 0 unspecified atom stereocenters. The van der Waals surface area contributed by atoms with Crippen molar-refractivity contribution in [3.63, 3.8) is 0 Å². The van der Waals surface area contributed by atoms with Crippen LogP contribution < -0.4 is 10.2 Å². The van der Waals surface area contributed by atoms with E-state index in [2.05, 4.69) is 102 Å². The largest absolute Gasteiger partial charge is 0.492 e. The van der Waals surface area contributed by atoms with E-state index in [4.69, 9.17) is 4.74 Å². The van der Waals surface area contributed by atoms with Crippen LogP contribution in [0.3, 0.4) is 0 Å². The van der Waals surface area contributed by atoms with E-state index in [9.17, 15) is 0 Å². The molecule has 0 aliphatic carbocycles. The van der Waals surface area contributed by atoms with E-state index in [0.29, 0.717) is 6.61 Å². The van der Waals surface area contributed by atoms with Crippen molar-refractivity contribution in [2.75, 3.05) is 12.0 Å². The lowest BCUT2D eigenvalue weighted by Crippen LogP contribution is -2.11. The maximum atomic E-state index is 6.03. The molecule has 3 aromatic carbocycles. The molecule has 0 atom stereocenters. The number of hydrazone groups is 1. The number of para-hydroxylation sites is 2. The summed E-state index contributed by atoms with van der Waals surface area (Å²) in [4.78, 5) is 4.57. The van der Waals surface area contributed by atoms with Gasteiger partial charge in [-0.05, 0) is 41.3 Å². The number of hydrogen-bond acceptors (Lipinski definition) is 5. The number of nitrogens with one attached hydrogen (secondary N) is 1. The normalized spacial score (nSPS) is 12.1. The number of anilines is 1. The van der Waals surface area contributed by atoms with Gasteiger partial charge in [-0.2, -0.15) is 5.10 Å². The molecule has 6 heteroatoms. The highest BCUT2D eigenvalue weighted by molar-refractivity contribution is 7.22. The van der Waals surface area contributed by atoms with Gasteiger partial charge in [0.25, 0.3) is 0 Å². The van der Waals surface area contributed by atoms with Crippen LogP contribution in [0.2, 0.25) is 0 Å². The summed E-state index contributed by atoms with van der Waals surface area (Å²) in [5, 5.41) is 6.40. The van der Waals surface area contributed by atoms with Crippen LogP contribution in [-0.4, -0.2) is 22.4 Å². The fourth-order valence-corrected chi connectivity index (χ4v) is 4.77. The minimum atomic E-state index is 0.141. The lowest BCUT2D eigenvalue weighted by molar-refractivity contribution is 0.300. The molecule has 2 heterocycles. The Morgan fingerprint density at radius 2 is 1.76 bits per heavy atom. The van der Waals surface area contributed by atoms with Gasteiger partial charge in [-0.25, -0.2) is 4.98 Å². The molecule has 0 aliphatic rings. The first-order valence-corrected chi connectivity index (χ1v) is 12.2. The van der Waals surface area contributed by atoms with E-state index < -0.39 is 0 Å². The standard InChI is InChI=1S/C28H28N4OS/c1-28(2,3)21-12-14-22(15-13-21)33-17-16-32-19-20(23-8-4-6-10-25(23)32)18-29-31-27-30-24-9-5-7-11-26(24)34-27/h4-15,18-19H,16-17H2,1-3H3,(H,30,31)/b29-18+. The second-order valence-electron chi connectivity index (χ2n) is 9.27. The second-order valence-corrected chi connectivity index (χ2v) is 10.3. The molecule has 0 spiro atoms. The number of aromatic nitrogens is 2. The van der Waals surface area contributed by atoms with Gasteiger partial charge in [0.15, 0.2) is 0 Å². The number of fused-ring (bicyclic) bond motifs is 2. The van der Waals surface area contributed by atoms with Gasteiger partial charge in [-0.1, -0.05) is 74.6 Å². The predicted octanol–water partition coefficient (Wildman–Crippen LogP) is 7.07. The zero-order valence-corrected chi connectivity index (χ0v) is 20.5. The van der Waals surface area contributed by atoms with Crippen LogP contribution in [0.25, 0.3) is 21.1 Å². The van der Waals surface area contributed by atoms with Gasteiger partial charge in [0, 0.05) is 22.7 Å². The van der Waals surface area contributed by atoms with Crippen molar-refractivity contribution >= 4 is 43.8 Å². The fraction of sp³-hybridized carbons (Fsp3) is 0.214. The van der Waals surface area contributed by atoms with Crippen LogP contribution in [-0.2, 0) is 12.0 Å². The molecule has 2 aromatic heterocycles. The zero-order chi connectivity index (χ0) is 23.5. The third-order valence-corrected chi connectivity index (χ3v) is 6.74. The topological polar surface area (TPSA) is 51.4 Å². The molecule has 0 fully saturated rings. The molecule has 0 amide bonds. The number of nitrogens with zero attached hydrogens (tertiary/aromatic N) is 3. The van der Waals surface area contributed by atoms with Crippen molar-refractivity contribution in [2.24, 2.45) is 5.10 Å². The van der Waals surface area contributed by atoms with Gasteiger partial charge in [-0.3, -0.25) is 5.43 Å². The minimum Gasteiger partial charge on any atom is -0.492 e. The molecule has 0 radical (unpaired) electrons. The molecule has 172 valence electrons. The van der Waals surface area contributed by atoms with E-state index in [1.54, 1.807) is 11.3 Å². The predicted molar refractivity (Wildman–Crippen MR) is 143 cm³/mol. The first kappa shape index (κ1) is 22.2. The van der Waals surface area contributed by atoms with E-state index in [1.165, 1.54) is 5.56 Å². The van der Waals surface area contributed by atoms with Crippen molar-refractivity contribution in [3.8, 4) is 5.75 Å². The Morgan fingerprint density at radius 1 is 1.00 bits per heavy atom. The first-order valence-electron chi connectivity index (χ1n) is 11.4. The summed E-state index contributed by atoms with van der Waals surface area (Å²) < 4.78 is 9.39. The van der Waals surface area contributed by atoms with Gasteiger partial charge in [0.05, 0.1) is 23.0 Å². The molecule has 0 saturated carbocycles. The summed E-state index contributed by atoms with van der Waals surface area (Å²) in [6.07, 6.45) is 3.98. The summed E-state index contributed by atoms with van der Waals surface area (Å²) in [6.45, 7) is 8.00. The van der Waals surface area contributed by atoms with Crippen molar-refractivity contribution < 1.29 is 4.74 Å². The highest BCUT2D eigenvalue weighted by Gasteiger charge is 2.13. The van der Waals surface area contributed by atoms with Crippen molar-refractivity contribution in [2.45, 2.75) is 32.7 Å². The third-order valence-electron chi connectivity index (χ3n) is 5.80. The Labute approximate surface area is 203 Å². The van der Waals surface area contributed by atoms with E-state index in [0.717, 1.165) is 44.1 Å². The monoisotopic (exact) mass is 468 g/mol. The number of ether oxygens (including phenoxy) is 1. The summed E-state index contributed by atoms with van der Waals surface area (Å²) >= 11 is 1.59. The Balaban J connectivity index is 1.27. The van der Waals surface area contributed by atoms with Crippen LogP contribution in [0.15, 0.2) is 84.1 Å². The smallest absolute Gasteiger partial charge is 0.204 e. The van der Waals surface area contributed by atoms with E-state index in [1.807, 2.05) is 24.4 Å². The maximum Gasteiger partial charge on any atom is 0.204 e. The molecule has 0 aliphatic heterocycles. The molecule has 5 nitrogen and oxygen atoms in total. The Morgan fingerprint density at radius 3 is 2.56 bits per heavy atom. The number of hydrogen-bond donors (Lipinski definition) is 1. The molecule has 0 bridgehead atoms. The van der Waals surface area contributed by atoms with Crippen LogP contribution in [0.4, 0.5) is 5.13 Å². The molecule has 5 aromatic rings. The van der Waals surface area contributed by atoms with Gasteiger partial charge in [-0.15, -0.1) is 0 Å². The second kappa shape index (κ2) is 9.31. The minimum absolute atomic E-state index is 0.141. The number of thiazole rings is 1. The van der Waals surface area contributed by atoms with Gasteiger partial charge in [0.1, 0.15) is 12.4 Å².